The summed E-state index contributed by atoms with van der Waals surface area (Å²) in [5.41, 5.74) is 2.50. The van der Waals surface area contributed by atoms with Crippen molar-refractivity contribution in [1.82, 2.24) is 0 Å². The van der Waals surface area contributed by atoms with Crippen LogP contribution in [0.5, 0.6) is 5.75 Å². The van der Waals surface area contributed by atoms with Gasteiger partial charge >= 0.3 is 11.6 Å². The lowest BCUT2D eigenvalue weighted by Crippen LogP contribution is -2.15. The van der Waals surface area contributed by atoms with Crippen molar-refractivity contribution in [3.63, 3.8) is 0 Å². The third-order valence-electron chi connectivity index (χ3n) is 3.81. The highest BCUT2D eigenvalue weighted by molar-refractivity contribution is 6.32. The largest absolute Gasteiger partial charge is 0.480 e. The standard InChI is InChI=1S/C20H17ClO5/c1-12-3-5-15-14(9-19(22)26-17(15)7-12)10-25-20(23)11-24-18-8-13(2)4-6-16(18)21/h3-9H,10-11H2,1-2H3. The Balaban J connectivity index is 1.67. The van der Waals surface area contributed by atoms with E-state index in [1.807, 2.05) is 32.0 Å². The van der Waals surface area contributed by atoms with Gasteiger partial charge in [0, 0.05) is 17.0 Å². The molecule has 0 aliphatic heterocycles. The van der Waals surface area contributed by atoms with Crippen molar-refractivity contribution in [2.24, 2.45) is 0 Å². The first kappa shape index (κ1) is 18.0. The minimum absolute atomic E-state index is 0.0467. The number of benzene rings is 2. The zero-order valence-corrected chi connectivity index (χ0v) is 15.1. The molecular weight excluding hydrogens is 356 g/mol. The van der Waals surface area contributed by atoms with Crippen LogP contribution in [0, 0.1) is 13.8 Å². The summed E-state index contributed by atoms with van der Waals surface area (Å²) in [6, 6.07) is 12.1. The van der Waals surface area contributed by atoms with Crippen LogP contribution in [0.25, 0.3) is 11.0 Å². The minimum Gasteiger partial charge on any atom is -0.480 e. The highest BCUT2D eigenvalue weighted by atomic mass is 35.5. The molecule has 3 aromatic rings. The van der Waals surface area contributed by atoms with Crippen molar-refractivity contribution >= 4 is 28.5 Å². The Kier molecular flexibility index (Phi) is 5.28. The van der Waals surface area contributed by atoms with E-state index in [1.54, 1.807) is 18.2 Å². The molecule has 0 atom stereocenters. The van der Waals surface area contributed by atoms with Crippen molar-refractivity contribution in [2.75, 3.05) is 6.61 Å². The number of carbonyl (C=O) groups excluding carboxylic acids is 1. The van der Waals surface area contributed by atoms with Crippen LogP contribution in [0.4, 0.5) is 0 Å². The van der Waals surface area contributed by atoms with Gasteiger partial charge in [0.2, 0.25) is 0 Å². The Morgan fingerprint density at radius 3 is 2.62 bits per heavy atom. The van der Waals surface area contributed by atoms with Gasteiger partial charge in [0.1, 0.15) is 17.9 Å². The molecule has 134 valence electrons. The van der Waals surface area contributed by atoms with Crippen LogP contribution >= 0.6 is 11.6 Å². The third kappa shape index (κ3) is 4.24. The maximum atomic E-state index is 12.0. The molecule has 0 radical (unpaired) electrons. The van der Waals surface area contributed by atoms with E-state index in [9.17, 15) is 9.59 Å². The lowest BCUT2D eigenvalue weighted by molar-refractivity contribution is -0.147. The second-order valence-electron chi connectivity index (χ2n) is 5.97. The number of rotatable bonds is 5. The lowest BCUT2D eigenvalue weighted by atomic mass is 10.1. The van der Waals surface area contributed by atoms with Gasteiger partial charge in [-0.1, -0.05) is 29.8 Å². The zero-order valence-electron chi connectivity index (χ0n) is 14.4. The van der Waals surface area contributed by atoms with Gasteiger partial charge in [-0.3, -0.25) is 0 Å². The first-order chi connectivity index (χ1) is 12.4. The van der Waals surface area contributed by atoms with E-state index in [1.165, 1.54) is 6.07 Å². The number of esters is 1. The summed E-state index contributed by atoms with van der Waals surface area (Å²) < 4.78 is 15.8. The molecule has 3 rings (SSSR count). The second-order valence-corrected chi connectivity index (χ2v) is 6.38. The van der Waals surface area contributed by atoms with E-state index < -0.39 is 11.6 Å². The van der Waals surface area contributed by atoms with Crippen LogP contribution in [0.2, 0.25) is 5.02 Å². The normalized spacial score (nSPS) is 10.7. The predicted molar refractivity (Wildman–Crippen MR) is 98.7 cm³/mol. The Bertz CT molecular complexity index is 1020. The summed E-state index contributed by atoms with van der Waals surface area (Å²) in [4.78, 5) is 23.7. The average Bonchev–Trinajstić information content (AvgIpc) is 2.59. The van der Waals surface area contributed by atoms with Gasteiger partial charge in [-0.05, 0) is 43.2 Å². The molecule has 26 heavy (non-hydrogen) atoms. The van der Waals surface area contributed by atoms with E-state index in [4.69, 9.17) is 25.5 Å². The molecule has 1 aromatic heterocycles. The van der Waals surface area contributed by atoms with Gasteiger partial charge in [0.15, 0.2) is 6.61 Å². The fourth-order valence-electron chi connectivity index (χ4n) is 2.51. The maximum absolute atomic E-state index is 12.0. The number of ether oxygens (including phenoxy) is 2. The van der Waals surface area contributed by atoms with Crippen molar-refractivity contribution in [3.05, 3.63) is 74.6 Å². The summed E-state index contributed by atoms with van der Waals surface area (Å²) in [7, 11) is 0. The van der Waals surface area contributed by atoms with Crippen molar-refractivity contribution in [1.29, 1.82) is 0 Å². The number of carbonyl (C=O) groups is 1. The molecule has 0 aliphatic carbocycles. The van der Waals surface area contributed by atoms with Crippen LogP contribution < -0.4 is 10.4 Å². The summed E-state index contributed by atoms with van der Waals surface area (Å²) >= 11 is 6.03. The highest BCUT2D eigenvalue weighted by Crippen LogP contribution is 2.25. The SMILES string of the molecule is Cc1ccc(Cl)c(OCC(=O)OCc2cc(=O)oc3cc(C)ccc23)c1. The van der Waals surface area contributed by atoms with E-state index in [0.717, 1.165) is 16.5 Å². The second kappa shape index (κ2) is 7.62. The van der Waals surface area contributed by atoms with Gasteiger partial charge in [-0.15, -0.1) is 0 Å². The molecule has 6 heteroatoms. The van der Waals surface area contributed by atoms with Crippen molar-refractivity contribution in [3.8, 4) is 5.75 Å². The third-order valence-corrected chi connectivity index (χ3v) is 4.12. The van der Waals surface area contributed by atoms with Crippen molar-refractivity contribution < 1.29 is 18.7 Å². The minimum atomic E-state index is -0.559. The van der Waals surface area contributed by atoms with Crippen LogP contribution in [-0.4, -0.2) is 12.6 Å². The first-order valence-corrected chi connectivity index (χ1v) is 8.38. The molecule has 5 nitrogen and oxygen atoms in total. The van der Waals surface area contributed by atoms with Crippen LogP contribution in [-0.2, 0) is 16.1 Å². The summed E-state index contributed by atoms with van der Waals surface area (Å²) in [5, 5.41) is 1.15. The molecule has 0 unspecified atom stereocenters. The first-order valence-electron chi connectivity index (χ1n) is 8.00. The molecule has 0 saturated heterocycles. The number of aryl methyl sites for hydroxylation is 2. The molecule has 0 aliphatic rings. The van der Waals surface area contributed by atoms with E-state index >= 15 is 0 Å². The number of fused-ring (bicyclic) bond motifs is 1. The number of hydrogen-bond donors (Lipinski definition) is 0. The predicted octanol–water partition coefficient (Wildman–Crippen LogP) is 4.19. The Morgan fingerprint density at radius 1 is 1.08 bits per heavy atom. The van der Waals surface area contributed by atoms with Crippen LogP contribution in [0.15, 0.2) is 51.7 Å². The number of halogens is 1. The van der Waals surface area contributed by atoms with Gasteiger partial charge in [-0.2, -0.15) is 0 Å². The summed E-state index contributed by atoms with van der Waals surface area (Å²) in [6.45, 7) is 3.48. The fourth-order valence-corrected chi connectivity index (χ4v) is 2.69. The molecule has 0 bridgehead atoms. The Hall–Kier alpha value is -2.79. The molecule has 0 amide bonds. The smallest absolute Gasteiger partial charge is 0.344 e. The molecular formula is C20H17ClO5. The molecule has 1 heterocycles. The van der Waals surface area contributed by atoms with Gasteiger partial charge in [-0.25, -0.2) is 9.59 Å². The van der Waals surface area contributed by atoms with Gasteiger partial charge < -0.3 is 13.9 Å². The molecule has 0 spiro atoms. The fraction of sp³-hybridized carbons (Fsp3) is 0.200. The Labute approximate surface area is 155 Å². The lowest BCUT2D eigenvalue weighted by Gasteiger charge is -2.10. The zero-order chi connectivity index (χ0) is 18.7. The van der Waals surface area contributed by atoms with Crippen LogP contribution in [0.3, 0.4) is 0 Å². The van der Waals surface area contributed by atoms with Gasteiger partial charge in [0.25, 0.3) is 0 Å². The van der Waals surface area contributed by atoms with E-state index in [2.05, 4.69) is 0 Å². The average molecular weight is 373 g/mol. The summed E-state index contributed by atoms with van der Waals surface area (Å²) in [6.07, 6.45) is 0. The quantitative estimate of drug-likeness (QED) is 0.496. The van der Waals surface area contributed by atoms with E-state index in [-0.39, 0.29) is 13.2 Å². The summed E-state index contributed by atoms with van der Waals surface area (Å²) in [5.74, 6) is -0.138. The molecule has 0 saturated carbocycles. The van der Waals surface area contributed by atoms with E-state index in [0.29, 0.717) is 21.9 Å². The molecule has 2 aromatic carbocycles. The topological polar surface area (TPSA) is 65.7 Å². The number of hydrogen-bond acceptors (Lipinski definition) is 5. The monoisotopic (exact) mass is 372 g/mol. The van der Waals surface area contributed by atoms with Crippen molar-refractivity contribution in [2.45, 2.75) is 20.5 Å². The maximum Gasteiger partial charge on any atom is 0.344 e. The molecule has 0 N–H and O–H groups in total. The Morgan fingerprint density at radius 2 is 1.81 bits per heavy atom. The highest BCUT2D eigenvalue weighted by Gasteiger charge is 2.11. The van der Waals surface area contributed by atoms with Gasteiger partial charge in [0.05, 0.1) is 5.02 Å². The molecule has 0 fully saturated rings. The van der Waals surface area contributed by atoms with Crippen LogP contribution in [0.1, 0.15) is 16.7 Å².